The molecule has 2 aliphatic heterocycles. The normalized spacial score (nSPS) is 22.2. The summed E-state index contributed by atoms with van der Waals surface area (Å²) in [5.41, 5.74) is 0.639. The molecule has 2 heterocycles. The molecule has 1 saturated heterocycles. The van der Waals surface area contributed by atoms with Gasteiger partial charge in [-0.15, -0.1) is 11.8 Å². The summed E-state index contributed by atoms with van der Waals surface area (Å²) < 4.78 is 5.29. The van der Waals surface area contributed by atoms with Gasteiger partial charge in [-0.25, -0.2) is 4.79 Å². The highest BCUT2D eigenvalue weighted by molar-refractivity contribution is 8.02. The first-order valence-corrected chi connectivity index (χ1v) is 8.20. The Kier molecular flexibility index (Phi) is 4.08. The molecule has 0 spiro atoms. The summed E-state index contributed by atoms with van der Waals surface area (Å²) in [6.45, 7) is 0.0156. The summed E-state index contributed by atoms with van der Waals surface area (Å²) in [6.07, 6.45) is 4.23. The average Bonchev–Trinajstić information content (AvgIpc) is 2.85. The Bertz CT molecular complexity index is 700. The first kappa shape index (κ1) is 15.5. The zero-order chi connectivity index (χ0) is 16.6. The third kappa shape index (κ3) is 2.81. The van der Waals surface area contributed by atoms with E-state index in [9.17, 15) is 19.7 Å². The van der Waals surface area contributed by atoms with Crippen molar-refractivity contribution in [2.45, 2.75) is 25.1 Å². The molecular weight excluding hydrogens is 320 g/mol. The van der Waals surface area contributed by atoms with Crippen molar-refractivity contribution >= 4 is 29.3 Å². The molecule has 8 heteroatoms. The van der Waals surface area contributed by atoms with Crippen LogP contribution in [0.3, 0.4) is 0 Å². The number of amides is 1. The molecule has 0 aliphatic carbocycles. The zero-order valence-electron chi connectivity index (χ0n) is 12.3. The minimum Gasteiger partial charge on any atom is -0.459 e. The van der Waals surface area contributed by atoms with Gasteiger partial charge in [-0.1, -0.05) is 0 Å². The molecule has 1 aromatic rings. The molecule has 0 saturated carbocycles. The van der Waals surface area contributed by atoms with Crippen LogP contribution < -0.4 is 0 Å². The van der Waals surface area contributed by atoms with Gasteiger partial charge in [0.2, 0.25) is 5.91 Å². The van der Waals surface area contributed by atoms with Crippen molar-refractivity contribution in [3.8, 4) is 0 Å². The highest BCUT2D eigenvalue weighted by atomic mass is 32.2. The fourth-order valence-corrected chi connectivity index (χ4v) is 3.43. The number of thioether (sulfide) groups is 1. The van der Waals surface area contributed by atoms with E-state index in [4.69, 9.17) is 4.74 Å². The van der Waals surface area contributed by atoms with Crippen molar-refractivity contribution in [1.82, 2.24) is 4.90 Å². The Hall–Kier alpha value is -2.35. The second-order valence-electron chi connectivity index (χ2n) is 5.28. The predicted molar refractivity (Wildman–Crippen MR) is 83.5 cm³/mol. The van der Waals surface area contributed by atoms with Gasteiger partial charge < -0.3 is 9.64 Å². The summed E-state index contributed by atoms with van der Waals surface area (Å²) >= 11 is 1.44. The average molecular weight is 334 g/mol. The van der Waals surface area contributed by atoms with Gasteiger partial charge in [0.1, 0.15) is 6.61 Å². The van der Waals surface area contributed by atoms with Crippen molar-refractivity contribution in [3.05, 3.63) is 50.9 Å². The SMILES string of the molecule is CSC1=CC2CC(=O)N2[C@@H]1C(=O)OCc1ccc([N+](=O)[O-])cc1. The number of nitro groups is 1. The molecule has 120 valence electrons. The molecule has 1 amide bonds. The maximum absolute atomic E-state index is 12.3. The standard InChI is InChI=1S/C15H14N2O5S/c1-23-12-6-11-7-13(18)16(11)14(12)15(19)22-8-9-2-4-10(5-3-9)17(20)21/h2-6,11,14H,7-8H2,1H3/t11?,14-/m0/s1. The van der Waals surface area contributed by atoms with Crippen LogP contribution in [0.2, 0.25) is 0 Å². The molecule has 23 heavy (non-hydrogen) atoms. The molecule has 2 aliphatic rings. The topological polar surface area (TPSA) is 89.8 Å². The van der Waals surface area contributed by atoms with E-state index in [1.54, 1.807) is 17.0 Å². The van der Waals surface area contributed by atoms with Crippen molar-refractivity contribution in [1.29, 1.82) is 0 Å². The lowest BCUT2D eigenvalue weighted by molar-refractivity contribution is -0.384. The largest absolute Gasteiger partial charge is 0.459 e. The second-order valence-corrected chi connectivity index (χ2v) is 6.16. The van der Waals surface area contributed by atoms with Crippen molar-refractivity contribution in [2.24, 2.45) is 0 Å². The van der Waals surface area contributed by atoms with E-state index in [2.05, 4.69) is 0 Å². The van der Waals surface area contributed by atoms with E-state index < -0.39 is 16.9 Å². The van der Waals surface area contributed by atoms with Crippen LogP contribution in [0.25, 0.3) is 0 Å². The molecule has 2 atom stereocenters. The van der Waals surface area contributed by atoms with Gasteiger partial charge in [-0.2, -0.15) is 0 Å². The number of esters is 1. The Morgan fingerprint density at radius 3 is 2.70 bits per heavy atom. The number of non-ortho nitro benzene ring substituents is 1. The number of nitro benzene ring substituents is 1. The molecule has 0 radical (unpaired) electrons. The van der Waals surface area contributed by atoms with Crippen LogP contribution in [0, 0.1) is 10.1 Å². The Morgan fingerprint density at radius 1 is 1.43 bits per heavy atom. The first-order valence-electron chi connectivity index (χ1n) is 6.98. The van der Waals surface area contributed by atoms with Gasteiger partial charge in [0.25, 0.3) is 5.69 Å². The number of benzene rings is 1. The fraction of sp³-hybridized carbons (Fsp3) is 0.333. The number of nitrogens with zero attached hydrogens (tertiary/aromatic N) is 2. The molecule has 0 aromatic heterocycles. The molecule has 0 bridgehead atoms. The summed E-state index contributed by atoms with van der Waals surface area (Å²) in [5, 5.41) is 10.6. The van der Waals surface area contributed by atoms with Crippen LogP contribution in [0.1, 0.15) is 12.0 Å². The Labute approximate surface area is 136 Å². The van der Waals surface area contributed by atoms with Gasteiger partial charge in [-0.3, -0.25) is 14.9 Å². The van der Waals surface area contributed by atoms with Crippen molar-refractivity contribution in [2.75, 3.05) is 6.26 Å². The van der Waals surface area contributed by atoms with Crippen molar-refractivity contribution in [3.63, 3.8) is 0 Å². The van der Waals surface area contributed by atoms with Gasteiger partial charge in [0.15, 0.2) is 6.04 Å². The van der Waals surface area contributed by atoms with Crippen LogP contribution >= 0.6 is 11.8 Å². The molecule has 7 nitrogen and oxygen atoms in total. The maximum Gasteiger partial charge on any atom is 0.334 e. The van der Waals surface area contributed by atoms with Crippen LogP contribution in [-0.2, 0) is 20.9 Å². The lowest BCUT2D eigenvalue weighted by Crippen LogP contribution is -2.55. The highest BCUT2D eigenvalue weighted by Crippen LogP contribution is 2.38. The van der Waals surface area contributed by atoms with Gasteiger partial charge in [0.05, 0.1) is 17.4 Å². The minimum absolute atomic E-state index is 0.00174. The van der Waals surface area contributed by atoms with Gasteiger partial charge in [0, 0.05) is 17.0 Å². The van der Waals surface area contributed by atoms with Gasteiger partial charge >= 0.3 is 5.97 Å². The summed E-state index contributed by atoms with van der Waals surface area (Å²) in [6, 6.07) is 5.16. The second kappa shape index (κ2) is 6.04. The molecule has 0 N–H and O–H groups in total. The highest BCUT2D eigenvalue weighted by Gasteiger charge is 2.49. The zero-order valence-corrected chi connectivity index (χ0v) is 13.1. The molecule has 1 fully saturated rings. The number of hydrogen-bond donors (Lipinski definition) is 0. The fourth-order valence-electron chi connectivity index (χ4n) is 2.70. The quantitative estimate of drug-likeness (QED) is 0.353. The minimum atomic E-state index is -0.658. The van der Waals surface area contributed by atoms with E-state index in [-0.39, 0.29) is 24.2 Å². The third-order valence-electron chi connectivity index (χ3n) is 3.92. The van der Waals surface area contributed by atoms with E-state index in [1.165, 1.54) is 23.9 Å². The lowest BCUT2D eigenvalue weighted by atomic mass is 10.0. The van der Waals surface area contributed by atoms with E-state index in [0.717, 1.165) is 4.91 Å². The third-order valence-corrected chi connectivity index (χ3v) is 4.75. The lowest BCUT2D eigenvalue weighted by Gasteiger charge is -2.37. The molecule has 1 unspecified atom stereocenters. The van der Waals surface area contributed by atoms with E-state index in [0.29, 0.717) is 12.0 Å². The van der Waals surface area contributed by atoms with Gasteiger partial charge in [-0.05, 0) is 30.0 Å². The van der Waals surface area contributed by atoms with Crippen LogP contribution in [0.15, 0.2) is 35.2 Å². The van der Waals surface area contributed by atoms with E-state index >= 15 is 0 Å². The van der Waals surface area contributed by atoms with Crippen molar-refractivity contribution < 1.29 is 19.2 Å². The summed E-state index contributed by atoms with van der Waals surface area (Å²) in [5.74, 6) is -0.521. The Morgan fingerprint density at radius 2 is 2.13 bits per heavy atom. The monoisotopic (exact) mass is 334 g/mol. The van der Waals surface area contributed by atoms with E-state index in [1.807, 2.05) is 12.3 Å². The predicted octanol–water partition coefficient (Wildman–Crippen LogP) is 1.87. The molecular formula is C15H14N2O5S. The number of fused-ring (bicyclic) bond motifs is 1. The smallest absolute Gasteiger partial charge is 0.334 e. The van der Waals surface area contributed by atoms with Crippen LogP contribution in [0.5, 0.6) is 0 Å². The number of carbonyl (C=O) groups is 2. The summed E-state index contributed by atoms with van der Waals surface area (Å²) in [7, 11) is 0. The Balaban J connectivity index is 1.64. The van der Waals surface area contributed by atoms with Crippen LogP contribution in [0.4, 0.5) is 5.69 Å². The number of ether oxygens (including phenoxy) is 1. The first-order chi connectivity index (χ1) is 11.0. The number of β-lactam (4-membered cyclic amide) rings is 1. The maximum atomic E-state index is 12.3. The number of carbonyl (C=O) groups excluding carboxylic acids is 2. The van der Waals surface area contributed by atoms with Crippen LogP contribution in [-0.4, -0.2) is 40.0 Å². The molecule has 3 rings (SSSR count). The number of hydrogen-bond acceptors (Lipinski definition) is 6. The molecule has 1 aromatic carbocycles. The summed E-state index contributed by atoms with van der Waals surface area (Å²) in [4.78, 5) is 36.5. The number of rotatable bonds is 5.